The molecule has 5 nitrogen and oxygen atoms in total. The highest BCUT2D eigenvalue weighted by atomic mass is 16.5. The second-order valence-corrected chi connectivity index (χ2v) is 7.30. The molecule has 1 aromatic carbocycles. The molecule has 1 saturated carbocycles. The Balaban J connectivity index is 2.00. The summed E-state index contributed by atoms with van der Waals surface area (Å²) >= 11 is 0. The van der Waals surface area contributed by atoms with Gasteiger partial charge < -0.3 is 20.5 Å². The van der Waals surface area contributed by atoms with Crippen LogP contribution in [0.2, 0.25) is 0 Å². The third-order valence-electron chi connectivity index (χ3n) is 5.01. The lowest BCUT2D eigenvalue weighted by Crippen LogP contribution is -2.46. The van der Waals surface area contributed by atoms with Crippen molar-refractivity contribution in [3.8, 4) is 0 Å². The Bertz CT molecular complexity index is 574. The molecule has 5 heteroatoms. The zero-order valence-corrected chi connectivity index (χ0v) is 15.2. The Morgan fingerprint density at radius 1 is 1.46 bits per heavy atom. The molecule has 24 heavy (non-hydrogen) atoms. The molecule has 2 atom stereocenters. The first-order valence-corrected chi connectivity index (χ1v) is 8.74. The molecule has 1 fully saturated rings. The summed E-state index contributed by atoms with van der Waals surface area (Å²) in [5.74, 6) is 0. The van der Waals surface area contributed by atoms with Crippen molar-refractivity contribution >= 4 is 11.7 Å². The second kappa shape index (κ2) is 7.99. The van der Waals surface area contributed by atoms with Crippen LogP contribution in [0.4, 0.5) is 10.5 Å². The van der Waals surface area contributed by atoms with Crippen LogP contribution in [0.3, 0.4) is 0 Å². The van der Waals surface area contributed by atoms with Crippen molar-refractivity contribution in [1.82, 2.24) is 5.32 Å². The standard InChI is InChI=1S/C19H30N2O3/c1-13(2)24-11-15-7-5-8-16(14(15)3)20-18(23)21-17-9-6-10-19(17,4)12-22/h5,7-8,13,17,22H,6,9-12H2,1-4H3,(H2,20,21,23). The fourth-order valence-electron chi connectivity index (χ4n) is 3.22. The molecule has 2 unspecified atom stereocenters. The summed E-state index contributed by atoms with van der Waals surface area (Å²) < 4.78 is 5.66. The molecule has 0 aromatic heterocycles. The predicted octanol–water partition coefficient (Wildman–Crippen LogP) is 3.59. The molecule has 0 aliphatic heterocycles. The van der Waals surface area contributed by atoms with Crippen LogP contribution in [0.1, 0.15) is 51.2 Å². The summed E-state index contributed by atoms with van der Waals surface area (Å²) in [5, 5.41) is 15.6. The normalized spacial score (nSPS) is 23.5. The lowest BCUT2D eigenvalue weighted by molar-refractivity contribution is 0.0654. The Hall–Kier alpha value is -1.59. The number of nitrogens with one attached hydrogen (secondary N) is 2. The number of carbonyl (C=O) groups is 1. The van der Waals surface area contributed by atoms with Gasteiger partial charge in [-0.1, -0.05) is 25.5 Å². The van der Waals surface area contributed by atoms with E-state index < -0.39 is 0 Å². The van der Waals surface area contributed by atoms with Gasteiger partial charge in [-0.3, -0.25) is 0 Å². The number of rotatable bonds is 6. The van der Waals surface area contributed by atoms with Gasteiger partial charge in [0.1, 0.15) is 0 Å². The average molecular weight is 334 g/mol. The highest BCUT2D eigenvalue weighted by molar-refractivity contribution is 5.90. The van der Waals surface area contributed by atoms with Crippen LogP contribution in [-0.4, -0.2) is 29.9 Å². The third kappa shape index (κ3) is 4.48. The van der Waals surface area contributed by atoms with E-state index in [2.05, 4.69) is 10.6 Å². The zero-order valence-electron chi connectivity index (χ0n) is 15.2. The minimum atomic E-state index is -0.223. The SMILES string of the molecule is Cc1c(COC(C)C)cccc1NC(=O)NC1CCCC1(C)CO. The molecule has 2 rings (SSSR count). The van der Waals surface area contributed by atoms with Crippen LogP contribution < -0.4 is 10.6 Å². The maximum atomic E-state index is 12.4. The summed E-state index contributed by atoms with van der Waals surface area (Å²) in [6.45, 7) is 8.66. The number of ether oxygens (including phenoxy) is 1. The van der Waals surface area contributed by atoms with E-state index in [4.69, 9.17) is 4.74 Å². The van der Waals surface area contributed by atoms with E-state index in [1.54, 1.807) is 0 Å². The molecule has 0 saturated heterocycles. The van der Waals surface area contributed by atoms with Gasteiger partial charge in [0.2, 0.25) is 0 Å². The van der Waals surface area contributed by atoms with Crippen LogP contribution in [0.25, 0.3) is 0 Å². The minimum Gasteiger partial charge on any atom is -0.396 e. The number of aliphatic hydroxyl groups is 1. The molecule has 0 bridgehead atoms. The summed E-state index contributed by atoms with van der Waals surface area (Å²) in [4.78, 5) is 12.4. The Morgan fingerprint density at radius 3 is 2.88 bits per heavy atom. The molecular weight excluding hydrogens is 304 g/mol. The van der Waals surface area contributed by atoms with Gasteiger partial charge in [0.05, 0.1) is 19.3 Å². The van der Waals surface area contributed by atoms with E-state index in [0.29, 0.717) is 6.61 Å². The van der Waals surface area contributed by atoms with Gasteiger partial charge >= 0.3 is 6.03 Å². The number of hydrogen-bond acceptors (Lipinski definition) is 3. The first kappa shape index (κ1) is 18.7. The molecular formula is C19H30N2O3. The smallest absolute Gasteiger partial charge is 0.319 e. The van der Waals surface area contributed by atoms with Crippen molar-refractivity contribution in [3.05, 3.63) is 29.3 Å². The number of urea groups is 1. The van der Waals surface area contributed by atoms with Crippen molar-refractivity contribution in [3.63, 3.8) is 0 Å². The van der Waals surface area contributed by atoms with E-state index >= 15 is 0 Å². The fourth-order valence-corrected chi connectivity index (χ4v) is 3.22. The number of amides is 2. The first-order valence-electron chi connectivity index (χ1n) is 8.74. The largest absolute Gasteiger partial charge is 0.396 e. The van der Waals surface area contributed by atoms with Crippen LogP contribution in [0.15, 0.2) is 18.2 Å². The van der Waals surface area contributed by atoms with Crippen molar-refractivity contribution < 1.29 is 14.6 Å². The van der Waals surface area contributed by atoms with Gasteiger partial charge in [0.15, 0.2) is 0 Å². The maximum Gasteiger partial charge on any atom is 0.319 e. The maximum absolute atomic E-state index is 12.4. The van der Waals surface area contributed by atoms with Crippen molar-refractivity contribution in [1.29, 1.82) is 0 Å². The lowest BCUT2D eigenvalue weighted by atomic mass is 9.86. The molecule has 2 amide bonds. The topological polar surface area (TPSA) is 70.6 Å². The molecule has 134 valence electrons. The van der Waals surface area contributed by atoms with Gasteiger partial charge in [-0.15, -0.1) is 0 Å². The highest BCUT2D eigenvalue weighted by Crippen LogP contribution is 2.37. The van der Waals surface area contributed by atoms with Crippen molar-refractivity contribution in [2.24, 2.45) is 5.41 Å². The number of aliphatic hydroxyl groups excluding tert-OH is 1. The van der Waals surface area contributed by atoms with E-state index in [1.165, 1.54) is 0 Å². The van der Waals surface area contributed by atoms with Crippen LogP contribution in [-0.2, 0) is 11.3 Å². The Morgan fingerprint density at radius 2 is 2.21 bits per heavy atom. The number of carbonyl (C=O) groups excluding carboxylic acids is 1. The van der Waals surface area contributed by atoms with Crippen LogP contribution in [0, 0.1) is 12.3 Å². The summed E-state index contributed by atoms with van der Waals surface area (Å²) in [5.41, 5.74) is 2.66. The number of anilines is 1. The summed E-state index contributed by atoms with van der Waals surface area (Å²) in [6.07, 6.45) is 3.05. The summed E-state index contributed by atoms with van der Waals surface area (Å²) in [6, 6.07) is 5.63. The predicted molar refractivity (Wildman–Crippen MR) is 96.1 cm³/mol. The van der Waals surface area contributed by atoms with Gasteiger partial charge in [-0.2, -0.15) is 0 Å². The van der Waals surface area contributed by atoms with Gasteiger partial charge in [0.25, 0.3) is 0 Å². The van der Waals surface area contributed by atoms with Crippen molar-refractivity contribution in [2.45, 2.75) is 65.7 Å². The van der Waals surface area contributed by atoms with Gasteiger partial charge in [-0.05, 0) is 50.8 Å². The third-order valence-corrected chi connectivity index (χ3v) is 5.01. The first-order chi connectivity index (χ1) is 11.4. The molecule has 0 radical (unpaired) electrons. The van der Waals surface area contributed by atoms with E-state index in [1.807, 2.05) is 45.9 Å². The van der Waals surface area contributed by atoms with Gasteiger partial charge in [0, 0.05) is 17.1 Å². The van der Waals surface area contributed by atoms with E-state index in [0.717, 1.165) is 36.1 Å². The molecule has 0 spiro atoms. The van der Waals surface area contributed by atoms with E-state index in [-0.39, 0.29) is 30.2 Å². The monoisotopic (exact) mass is 334 g/mol. The van der Waals surface area contributed by atoms with Crippen LogP contribution in [0.5, 0.6) is 0 Å². The molecule has 1 aliphatic rings. The van der Waals surface area contributed by atoms with Gasteiger partial charge in [-0.25, -0.2) is 4.79 Å². The molecule has 1 aromatic rings. The summed E-state index contributed by atoms with van der Waals surface area (Å²) in [7, 11) is 0. The average Bonchev–Trinajstić information content (AvgIpc) is 2.89. The van der Waals surface area contributed by atoms with Crippen LogP contribution >= 0.6 is 0 Å². The number of benzene rings is 1. The fraction of sp³-hybridized carbons (Fsp3) is 0.632. The minimum absolute atomic E-state index is 0.00950. The van der Waals surface area contributed by atoms with E-state index in [9.17, 15) is 9.90 Å². The van der Waals surface area contributed by atoms with Crippen molar-refractivity contribution in [2.75, 3.05) is 11.9 Å². The zero-order chi connectivity index (χ0) is 17.7. The highest BCUT2D eigenvalue weighted by Gasteiger charge is 2.39. The second-order valence-electron chi connectivity index (χ2n) is 7.30. The number of hydrogen-bond donors (Lipinski definition) is 3. The molecule has 1 aliphatic carbocycles. The Labute approximate surface area is 144 Å². The molecule has 3 N–H and O–H groups in total. The quantitative estimate of drug-likeness (QED) is 0.744. The Kier molecular flexibility index (Phi) is 6.24. The molecule has 0 heterocycles. The lowest BCUT2D eigenvalue weighted by Gasteiger charge is -2.30.